The first kappa shape index (κ1) is 47.2. The van der Waals surface area contributed by atoms with Gasteiger partial charge in [0.1, 0.15) is 11.5 Å². The third kappa shape index (κ3) is 38.4. The maximum atomic E-state index is 5.90. The predicted octanol–water partition coefficient (Wildman–Crippen LogP) is 15.9. The van der Waals surface area contributed by atoms with E-state index in [1.165, 1.54) is 148 Å². The molecule has 0 aliphatic heterocycles. The van der Waals surface area contributed by atoms with Gasteiger partial charge in [-0.25, -0.2) is 0 Å². The molecule has 0 amide bonds. The van der Waals surface area contributed by atoms with Gasteiger partial charge >= 0.3 is 0 Å². The number of para-hydroxylation sites is 1. The molecule has 47 heavy (non-hydrogen) atoms. The second-order valence-electron chi connectivity index (χ2n) is 13.6. The number of hydrogen-bond acceptors (Lipinski definition) is 2. The van der Waals surface area contributed by atoms with Gasteiger partial charge in [0, 0.05) is 1.43 Å². The largest absolute Gasteiger partial charge is 0.494 e. The topological polar surface area (TPSA) is 18.5 Å². The minimum Gasteiger partial charge on any atom is -0.494 e. The van der Waals surface area contributed by atoms with Crippen LogP contribution < -0.4 is 4.74 Å². The maximum Gasteiger partial charge on any atom is 0.119 e. The smallest absolute Gasteiger partial charge is 0.119 e. The van der Waals surface area contributed by atoms with Gasteiger partial charge in [-0.05, 0) is 49.3 Å². The van der Waals surface area contributed by atoms with Crippen LogP contribution >= 0.6 is 0 Å². The molecule has 2 unspecified atom stereocenters. The van der Waals surface area contributed by atoms with Crippen molar-refractivity contribution in [2.45, 2.75) is 189 Å². The zero-order valence-corrected chi connectivity index (χ0v) is 32.7. The van der Waals surface area contributed by atoms with Crippen LogP contribution in [0.1, 0.15) is 191 Å². The van der Waals surface area contributed by atoms with Crippen LogP contribution in [-0.4, -0.2) is 13.2 Å². The van der Waals surface area contributed by atoms with Crippen molar-refractivity contribution in [2.75, 3.05) is 13.2 Å². The third-order valence-corrected chi connectivity index (χ3v) is 8.64. The van der Waals surface area contributed by atoms with E-state index in [0.717, 1.165) is 24.7 Å². The van der Waals surface area contributed by atoms with Crippen LogP contribution in [0.4, 0.5) is 0 Å². The Hall–Kier alpha value is -1.96. The number of rotatable bonds is 30. The Morgan fingerprint density at radius 1 is 0.617 bits per heavy atom. The fraction of sp³-hybridized carbons (Fsp3) is 0.733. The Labute approximate surface area is 297 Å². The molecule has 0 saturated heterocycles. The van der Waals surface area contributed by atoms with Crippen molar-refractivity contribution < 1.29 is 10.9 Å². The number of allylic oxidation sites excluding steroid dienone is 3. The normalized spacial score (nSPS) is 12.0. The van der Waals surface area contributed by atoms with E-state index in [1.807, 2.05) is 42.5 Å². The van der Waals surface area contributed by atoms with Crippen molar-refractivity contribution in [3.63, 3.8) is 0 Å². The first-order chi connectivity index (χ1) is 23.0. The van der Waals surface area contributed by atoms with Gasteiger partial charge in [-0.1, -0.05) is 213 Å². The molecule has 1 rings (SSSR count). The number of hydrogen-bond donors (Lipinski definition) is 0. The molecule has 0 spiro atoms. The van der Waals surface area contributed by atoms with Gasteiger partial charge in [0.15, 0.2) is 0 Å². The summed E-state index contributed by atoms with van der Waals surface area (Å²) in [6, 6.07) is 10.1. The monoisotopic (exact) mass is 657 g/mol. The van der Waals surface area contributed by atoms with Crippen LogP contribution in [0, 0.1) is 11.8 Å². The number of ether oxygens (including phenoxy) is 2. The van der Waals surface area contributed by atoms with Gasteiger partial charge in [-0.2, -0.15) is 0 Å². The minimum atomic E-state index is 0. The molecule has 276 valence electrons. The van der Waals surface area contributed by atoms with Crippen LogP contribution in [0.15, 0.2) is 67.5 Å². The molecule has 0 fully saturated rings. The zero-order chi connectivity index (χ0) is 35.1. The van der Waals surface area contributed by atoms with Gasteiger partial charge in [0.05, 0.1) is 13.2 Å². The lowest BCUT2D eigenvalue weighted by molar-refractivity contribution is 0.160. The molecule has 2 atom stereocenters. The van der Waals surface area contributed by atoms with Gasteiger partial charge in [0.2, 0.25) is 0 Å². The van der Waals surface area contributed by atoms with E-state index in [1.54, 1.807) is 6.08 Å². The third-order valence-electron chi connectivity index (χ3n) is 8.64. The van der Waals surface area contributed by atoms with Crippen molar-refractivity contribution in [3.8, 4) is 5.75 Å². The van der Waals surface area contributed by atoms with Crippen LogP contribution in [0.3, 0.4) is 0 Å². The molecular weight excluding hydrogens is 572 g/mol. The van der Waals surface area contributed by atoms with Crippen LogP contribution in [-0.2, 0) is 4.74 Å². The summed E-state index contributed by atoms with van der Waals surface area (Å²) in [4.78, 5) is 0. The molecule has 2 heteroatoms. The van der Waals surface area contributed by atoms with Crippen molar-refractivity contribution in [3.05, 3.63) is 67.5 Å². The van der Waals surface area contributed by atoms with Gasteiger partial charge in [0.25, 0.3) is 0 Å². The second-order valence-corrected chi connectivity index (χ2v) is 13.6. The lowest BCUT2D eigenvalue weighted by atomic mass is 9.94. The standard InChI is InChI=1S/C26H48O.C14H22O.C5H12.H2/c1-5-8-11-13-15-16-18-20-23-26(22-19-17-14-12-9-6-2)24-27-25(4)21-10-7-3;1-3-4-6-9-13(2)12-15-14-10-7-5-8-11-14;1-3-5-4-2;/h7,10,21,26H,3-6,8-9,11-20,22-24H2,1-2H3;5,7-8,10-11,13H,3-4,6,9,12H2,1-2H3;3-5H2,1-2H3;1H/b21-10-;;;. The summed E-state index contributed by atoms with van der Waals surface area (Å²) >= 11 is 0. The Morgan fingerprint density at radius 3 is 1.53 bits per heavy atom. The highest BCUT2D eigenvalue weighted by molar-refractivity contribution is 5.20. The van der Waals surface area contributed by atoms with Crippen molar-refractivity contribution >= 4 is 0 Å². The van der Waals surface area contributed by atoms with Crippen LogP contribution in [0.5, 0.6) is 5.75 Å². The van der Waals surface area contributed by atoms with Crippen LogP contribution in [0.25, 0.3) is 0 Å². The molecular formula is C45H84O2. The highest BCUT2D eigenvalue weighted by Gasteiger charge is 2.10. The van der Waals surface area contributed by atoms with Crippen molar-refractivity contribution in [1.82, 2.24) is 0 Å². The number of benzene rings is 1. The number of unbranched alkanes of at least 4 members (excludes halogenated alkanes) is 16. The lowest BCUT2D eigenvalue weighted by Crippen LogP contribution is -2.09. The minimum absolute atomic E-state index is 0. The summed E-state index contributed by atoms with van der Waals surface area (Å²) in [6.45, 7) is 22.8. The summed E-state index contributed by atoms with van der Waals surface area (Å²) in [5.41, 5.74) is 0. The average Bonchev–Trinajstić information content (AvgIpc) is 3.09. The van der Waals surface area contributed by atoms with Gasteiger partial charge < -0.3 is 9.47 Å². The van der Waals surface area contributed by atoms with Crippen LogP contribution in [0.2, 0.25) is 0 Å². The quantitative estimate of drug-likeness (QED) is 0.0466. The highest BCUT2D eigenvalue weighted by atomic mass is 16.5. The van der Waals surface area contributed by atoms with E-state index in [9.17, 15) is 0 Å². The molecule has 1 aromatic carbocycles. The fourth-order valence-corrected chi connectivity index (χ4v) is 5.47. The lowest BCUT2D eigenvalue weighted by Gasteiger charge is -2.18. The second kappa shape index (κ2) is 40.2. The molecule has 0 bridgehead atoms. The molecule has 0 heterocycles. The fourth-order valence-electron chi connectivity index (χ4n) is 5.47. The van der Waals surface area contributed by atoms with E-state index in [2.05, 4.69) is 54.7 Å². The molecule has 0 aromatic heterocycles. The van der Waals surface area contributed by atoms with Crippen molar-refractivity contribution in [1.29, 1.82) is 0 Å². The van der Waals surface area contributed by atoms with Gasteiger partial charge in [-0.3, -0.25) is 0 Å². The summed E-state index contributed by atoms with van der Waals surface area (Å²) in [5, 5.41) is 0. The van der Waals surface area contributed by atoms with E-state index < -0.39 is 0 Å². The average molecular weight is 657 g/mol. The first-order valence-corrected chi connectivity index (χ1v) is 20.3. The Bertz CT molecular complexity index is 772. The zero-order valence-electron chi connectivity index (χ0n) is 32.7. The molecule has 0 aliphatic rings. The molecule has 0 N–H and O–H groups in total. The molecule has 0 saturated carbocycles. The molecule has 2 nitrogen and oxygen atoms in total. The Morgan fingerprint density at radius 2 is 1.06 bits per heavy atom. The van der Waals surface area contributed by atoms with Crippen molar-refractivity contribution in [2.24, 2.45) is 11.8 Å². The molecule has 1 aromatic rings. The van der Waals surface area contributed by atoms with E-state index in [0.29, 0.717) is 11.8 Å². The van der Waals surface area contributed by atoms with E-state index in [-0.39, 0.29) is 1.43 Å². The molecule has 0 aliphatic carbocycles. The highest BCUT2D eigenvalue weighted by Crippen LogP contribution is 2.21. The SMILES string of the molecule is C=C/C=C\C(=C)OCC(CCCCCCCC)CCCCCCCCCC.CCCCC.CCCCCC(C)COc1ccccc1.[HH]. The Kier molecular flexibility index (Phi) is 40.4. The maximum absolute atomic E-state index is 5.90. The predicted molar refractivity (Wildman–Crippen MR) is 216 cm³/mol. The summed E-state index contributed by atoms with van der Waals surface area (Å²) < 4.78 is 11.6. The van der Waals surface area contributed by atoms with Gasteiger partial charge in [-0.15, -0.1) is 0 Å². The summed E-state index contributed by atoms with van der Waals surface area (Å²) in [5.74, 6) is 3.10. The summed E-state index contributed by atoms with van der Waals surface area (Å²) in [6.07, 6.45) is 36.9. The molecule has 0 radical (unpaired) electrons. The first-order valence-electron chi connectivity index (χ1n) is 20.3. The van der Waals surface area contributed by atoms with E-state index in [4.69, 9.17) is 9.47 Å². The van der Waals surface area contributed by atoms with E-state index >= 15 is 0 Å². The summed E-state index contributed by atoms with van der Waals surface area (Å²) in [7, 11) is 0. The Balaban J connectivity index is -0.000000804.